The lowest BCUT2D eigenvalue weighted by atomic mass is 10.1. The minimum absolute atomic E-state index is 0.190. The average Bonchev–Trinajstić information content (AvgIpc) is 3.10. The lowest BCUT2D eigenvalue weighted by molar-refractivity contribution is 0.210. The molecule has 8 nitrogen and oxygen atoms in total. The van der Waals surface area contributed by atoms with Crippen molar-refractivity contribution in [1.29, 1.82) is 0 Å². The summed E-state index contributed by atoms with van der Waals surface area (Å²) in [6, 6.07) is 7.55. The van der Waals surface area contributed by atoms with Gasteiger partial charge in [0, 0.05) is 49.6 Å². The van der Waals surface area contributed by atoms with Gasteiger partial charge in [-0.3, -0.25) is 9.78 Å². The van der Waals surface area contributed by atoms with Crippen LogP contribution in [0.15, 0.2) is 60.2 Å². The Balaban J connectivity index is 1.79. The van der Waals surface area contributed by atoms with Crippen LogP contribution in [0, 0.1) is 0 Å². The molecule has 0 saturated carbocycles. The topological polar surface area (TPSA) is 97.7 Å². The molecule has 0 saturated heterocycles. The van der Waals surface area contributed by atoms with E-state index < -0.39 is 0 Å². The van der Waals surface area contributed by atoms with Crippen LogP contribution in [-0.2, 0) is 4.74 Å². The highest BCUT2D eigenvalue weighted by molar-refractivity contribution is 5.94. The van der Waals surface area contributed by atoms with Crippen LogP contribution in [0.1, 0.15) is 0 Å². The number of anilines is 1. The molecule has 0 bridgehead atoms. The first-order chi connectivity index (χ1) is 13.3. The molecule has 27 heavy (non-hydrogen) atoms. The first-order valence-corrected chi connectivity index (χ1v) is 8.46. The van der Waals surface area contributed by atoms with Gasteiger partial charge in [-0.25, -0.2) is 9.97 Å². The molecule has 4 aromatic rings. The molecule has 8 heteroatoms. The molecule has 0 amide bonds. The quantitative estimate of drug-likeness (QED) is 0.511. The number of aromatic amines is 1. The van der Waals surface area contributed by atoms with Gasteiger partial charge in [0.15, 0.2) is 5.65 Å². The predicted octanol–water partition coefficient (Wildman–Crippen LogP) is 2.23. The van der Waals surface area contributed by atoms with Crippen LogP contribution >= 0.6 is 0 Å². The number of nitrogens with one attached hydrogen (secondary N) is 2. The van der Waals surface area contributed by atoms with E-state index in [9.17, 15) is 4.79 Å². The maximum Gasteiger partial charge on any atom is 0.260 e. The number of rotatable bonds is 6. The van der Waals surface area contributed by atoms with Crippen LogP contribution in [0.5, 0.6) is 0 Å². The largest absolute Gasteiger partial charge is 0.383 e. The number of hydrogen-bond donors (Lipinski definition) is 2. The highest BCUT2D eigenvalue weighted by atomic mass is 16.5. The van der Waals surface area contributed by atoms with E-state index in [-0.39, 0.29) is 5.56 Å². The third kappa shape index (κ3) is 3.30. The molecule has 0 aliphatic carbocycles. The summed E-state index contributed by atoms with van der Waals surface area (Å²) >= 11 is 0. The number of pyridine rings is 2. The van der Waals surface area contributed by atoms with Crippen LogP contribution in [0.4, 0.5) is 5.82 Å². The first kappa shape index (κ1) is 16.9. The Labute approximate surface area is 154 Å². The zero-order valence-electron chi connectivity index (χ0n) is 14.7. The Hall–Kier alpha value is -3.52. The maximum absolute atomic E-state index is 12.5. The third-order valence-electron chi connectivity index (χ3n) is 4.22. The molecular weight excluding hydrogens is 344 g/mol. The van der Waals surface area contributed by atoms with Crippen molar-refractivity contribution in [2.24, 2.45) is 0 Å². The van der Waals surface area contributed by atoms with Crippen molar-refractivity contribution in [1.82, 2.24) is 24.5 Å². The molecule has 0 aliphatic rings. The van der Waals surface area contributed by atoms with Gasteiger partial charge < -0.3 is 19.6 Å². The zero-order valence-corrected chi connectivity index (χ0v) is 14.7. The van der Waals surface area contributed by atoms with Crippen molar-refractivity contribution in [2.75, 3.05) is 25.6 Å². The lowest BCUT2D eigenvalue weighted by Crippen LogP contribution is -2.08. The van der Waals surface area contributed by atoms with Gasteiger partial charge >= 0.3 is 0 Å². The Kier molecular flexibility index (Phi) is 4.63. The summed E-state index contributed by atoms with van der Waals surface area (Å²) < 4.78 is 6.90. The van der Waals surface area contributed by atoms with E-state index in [2.05, 4.69) is 25.3 Å². The van der Waals surface area contributed by atoms with E-state index in [1.165, 1.54) is 6.33 Å². The zero-order chi connectivity index (χ0) is 18.6. The molecule has 4 rings (SSSR count). The van der Waals surface area contributed by atoms with Crippen molar-refractivity contribution >= 4 is 16.9 Å². The van der Waals surface area contributed by atoms with E-state index in [1.807, 2.05) is 35.0 Å². The minimum atomic E-state index is -0.190. The van der Waals surface area contributed by atoms with Crippen LogP contribution in [-0.4, -0.2) is 44.8 Å². The van der Waals surface area contributed by atoms with E-state index in [4.69, 9.17) is 4.74 Å². The third-order valence-corrected chi connectivity index (χ3v) is 4.22. The van der Waals surface area contributed by atoms with Crippen molar-refractivity contribution < 1.29 is 4.74 Å². The molecule has 2 N–H and O–H groups in total. The molecule has 0 unspecified atom stereocenters. The molecule has 4 heterocycles. The highest BCUT2D eigenvalue weighted by Gasteiger charge is 2.16. The van der Waals surface area contributed by atoms with E-state index >= 15 is 0 Å². The van der Waals surface area contributed by atoms with Gasteiger partial charge in [-0.1, -0.05) is 0 Å². The molecule has 4 aromatic heterocycles. The van der Waals surface area contributed by atoms with E-state index in [1.54, 1.807) is 25.7 Å². The standard InChI is InChI=1S/C19H18N6O2/c1-27-9-8-21-16-3-2-13(10-22-16)15-11-25(14-4-6-20-7-5-14)18-17(15)19(26)24-12-23-18/h2-7,10-12H,8-9H2,1H3,(H,21,22)(H,23,24,26). The molecular formula is C19H18N6O2. The van der Waals surface area contributed by atoms with Crippen molar-refractivity contribution in [3.8, 4) is 16.8 Å². The van der Waals surface area contributed by atoms with E-state index in [0.717, 1.165) is 22.6 Å². The molecule has 136 valence electrons. The van der Waals surface area contributed by atoms with Crippen molar-refractivity contribution in [3.63, 3.8) is 0 Å². The highest BCUT2D eigenvalue weighted by Crippen LogP contribution is 2.29. The molecule has 0 fully saturated rings. The van der Waals surface area contributed by atoms with Crippen molar-refractivity contribution in [2.45, 2.75) is 0 Å². The van der Waals surface area contributed by atoms with Crippen LogP contribution in [0.3, 0.4) is 0 Å². The Bertz CT molecular complexity index is 1100. The summed E-state index contributed by atoms with van der Waals surface area (Å²) in [6.07, 6.45) is 8.46. The van der Waals surface area contributed by atoms with Crippen molar-refractivity contribution in [3.05, 3.63) is 65.7 Å². The Morgan fingerprint density at radius 1 is 1.19 bits per heavy atom. The predicted molar refractivity (Wildman–Crippen MR) is 103 cm³/mol. The molecule has 0 aromatic carbocycles. The fraction of sp³-hybridized carbons (Fsp3) is 0.158. The maximum atomic E-state index is 12.5. The molecule has 0 radical (unpaired) electrons. The smallest absolute Gasteiger partial charge is 0.260 e. The molecule has 0 aliphatic heterocycles. The lowest BCUT2D eigenvalue weighted by Gasteiger charge is -2.05. The Morgan fingerprint density at radius 3 is 2.78 bits per heavy atom. The van der Waals surface area contributed by atoms with Gasteiger partial charge in [-0.15, -0.1) is 0 Å². The van der Waals surface area contributed by atoms with Crippen LogP contribution in [0.2, 0.25) is 0 Å². The average molecular weight is 362 g/mol. The fourth-order valence-corrected chi connectivity index (χ4v) is 2.93. The summed E-state index contributed by atoms with van der Waals surface area (Å²) in [7, 11) is 1.66. The summed E-state index contributed by atoms with van der Waals surface area (Å²) in [4.78, 5) is 28.0. The SMILES string of the molecule is COCCNc1ccc(-c2cn(-c3ccncc3)c3nc[nH]c(=O)c23)cn1. The first-order valence-electron chi connectivity index (χ1n) is 8.46. The second-order valence-corrected chi connectivity index (χ2v) is 5.90. The van der Waals surface area contributed by atoms with Gasteiger partial charge in [-0.05, 0) is 24.3 Å². The van der Waals surface area contributed by atoms with Gasteiger partial charge in [0.1, 0.15) is 5.82 Å². The van der Waals surface area contributed by atoms with Crippen LogP contribution < -0.4 is 10.9 Å². The Morgan fingerprint density at radius 2 is 2.04 bits per heavy atom. The second-order valence-electron chi connectivity index (χ2n) is 5.90. The number of ether oxygens (including phenoxy) is 1. The van der Waals surface area contributed by atoms with Gasteiger partial charge in [0.05, 0.1) is 24.0 Å². The van der Waals surface area contributed by atoms with Gasteiger partial charge in [0.25, 0.3) is 5.56 Å². The summed E-state index contributed by atoms with van der Waals surface area (Å²) in [5.74, 6) is 0.751. The number of hydrogen-bond acceptors (Lipinski definition) is 6. The number of nitrogens with zero attached hydrogens (tertiary/aromatic N) is 4. The summed E-state index contributed by atoms with van der Waals surface area (Å²) in [6.45, 7) is 1.28. The normalized spacial score (nSPS) is 11.0. The van der Waals surface area contributed by atoms with Gasteiger partial charge in [-0.2, -0.15) is 0 Å². The number of H-pyrrole nitrogens is 1. The number of methoxy groups -OCH3 is 1. The number of fused-ring (bicyclic) bond motifs is 1. The molecule has 0 atom stereocenters. The second kappa shape index (κ2) is 7.38. The van der Waals surface area contributed by atoms with Gasteiger partial charge in [0.2, 0.25) is 0 Å². The number of aromatic nitrogens is 5. The molecule has 0 spiro atoms. The minimum Gasteiger partial charge on any atom is -0.383 e. The summed E-state index contributed by atoms with van der Waals surface area (Å²) in [5.41, 5.74) is 2.88. The van der Waals surface area contributed by atoms with Crippen LogP contribution in [0.25, 0.3) is 27.8 Å². The monoisotopic (exact) mass is 362 g/mol. The summed E-state index contributed by atoms with van der Waals surface area (Å²) in [5, 5.41) is 3.70. The fourth-order valence-electron chi connectivity index (χ4n) is 2.93. The van der Waals surface area contributed by atoms with E-state index in [0.29, 0.717) is 24.2 Å².